The van der Waals surface area contributed by atoms with E-state index in [9.17, 15) is 9.59 Å². The zero-order valence-electron chi connectivity index (χ0n) is 14.1. The van der Waals surface area contributed by atoms with Gasteiger partial charge in [-0.05, 0) is 49.6 Å². The molecule has 1 aliphatic carbocycles. The second kappa shape index (κ2) is 6.51. The fraction of sp³-hybridized carbons (Fsp3) is 0.238. The smallest absolute Gasteiger partial charge is 0.329 e. The summed E-state index contributed by atoms with van der Waals surface area (Å²) in [5.41, 5.74) is 1.69. The van der Waals surface area contributed by atoms with E-state index in [2.05, 4.69) is 17.2 Å². The molecule has 5 heteroatoms. The summed E-state index contributed by atoms with van der Waals surface area (Å²) in [7, 11) is 0. The molecule has 1 heterocycles. The lowest BCUT2D eigenvalue weighted by atomic mass is 9.73. The van der Waals surface area contributed by atoms with Crippen molar-refractivity contribution in [3.8, 4) is 11.8 Å². The number of amides is 3. The Morgan fingerprint density at radius 2 is 1.73 bits per heavy atom. The summed E-state index contributed by atoms with van der Waals surface area (Å²) in [6, 6.07) is 14.4. The number of rotatable bonds is 1. The highest BCUT2D eigenvalue weighted by Crippen LogP contribution is 2.39. The molecule has 2 aromatic rings. The fourth-order valence-electron chi connectivity index (χ4n) is 3.39. The van der Waals surface area contributed by atoms with Crippen LogP contribution in [0.1, 0.15) is 36.8 Å². The molecule has 3 amide bonds. The number of halogens is 1. The van der Waals surface area contributed by atoms with Gasteiger partial charge in [-0.25, -0.2) is 9.69 Å². The van der Waals surface area contributed by atoms with Gasteiger partial charge in [0.1, 0.15) is 0 Å². The van der Waals surface area contributed by atoms with Crippen LogP contribution in [0.2, 0.25) is 5.02 Å². The third kappa shape index (κ3) is 3.07. The molecule has 26 heavy (non-hydrogen) atoms. The zero-order chi connectivity index (χ0) is 18.1. The molecule has 130 valence electrons. The molecule has 1 N–H and O–H groups in total. The summed E-state index contributed by atoms with van der Waals surface area (Å²) in [6.07, 6.45) is 3.09. The Balaban J connectivity index is 1.58. The van der Waals surface area contributed by atoms with Gasteiger partial charge in [0.15, 0.2) is 0 Å². The third-order valence-electron chi connectivity index (χ3n) is 4.94. The largest absolute Gasteiger partial charge is 0.331 e. The van der Waals surface area contributed by atoms with Gasteiger partial charge in [0.05, 0.1) is 22.7 Å². The molecule has 0 unspecified atom stereocenters. The molecule has 1 spiro atoms. The van der Waals surface area contributed by atoms with Gasteiger partial charge in [-0.1, -0.05) is 41.6 Å². The lowest BCUT2D eigenvalue weighted by molar-refractivity contribution is -0.121. The molecule has 0 atom stereocenters. The summed E-state index contributed by atoms with van der Waals surface area (Å²) in [5, 5.41) is 3.31. The maximum absolute atomic E-state index is 12.5. The first-order valence-electron chi connectivity index (χ1n) is 8.58. The maximum atomic E-state index is 12.5. The lowest BCUT2D eigenvalue weighted by Gasteiger charge is -2.47. The van der Waals surface area contributed by atoms with E-state index in [4.69, 9.17) is 11.6 Å². The van der Waals surface area contributed by atoms with Crippen molar-refractivity contribution in [1.29, 1.82) is 0 Å². The van der Waals surface area contributed by atoms with Gasteiger partial charge in [0.25, 0.3) is 0 Å². The van der Waals surface area contributed by atoms with Gasteiger partial charge in [0, 0.05) is 11.1 Å². The van der Waals surface area contributed by atoms with Crippen LogP contribution in [0, 0.1) is 11.8 Å². The molecule has 0 radical (unpaired) electrons. The standard InChI is InChI=1S/C21H17ClN2O2/c22-17-13-16(8-7-15-5-2-1-3-6-15)9-10-18(17)24-19(25)14-21(11-4-12-21)23-20(24)26/h1-3,5-6,9-10,13H,4,11-12,14H2,(H,23,26). The van der Waals surface area contributed by atoms with Crippen LogP contribution in [-0.4, -0.2) is 17.5 Å². The van der Waals surface area contributed by atoms with Crippen molar-refractivity contribution < 1.29 is 9.59 Å². The highest BCUT2D eigenvalue weighted by molar-refractivity contribution is 6.35. The number of hydrogen-bond acceptors (Lipinski definition) is 2. The van der Waals surface area contributed by atoms with E-state index in [1.54, 1.807) is 18.2 Å². The third-order valence-corrected chi connectivity index (χ3v) is 5.24. The van der Waals surface area contributed by atoms with Crippen LogP contribution >= 0.6 is 11.6 Å². The molecule has 4 nitrogen and oxygen atoms in total. The number of carbonyl (C=O) groups excluding carboxylic acids is 2. The minimum Gasteiger partial charge on any atom is -0.331 e. The first kappa shape index (κ1) is 16.7. The predicted molar refractivity (Wildman–Crippen MR) is 101 cm³/mol. The number of nitrogens with one attached hydrogen (secondary N) is 1. The van der Waals surface area contributed by atoms with Gasteiger partial charge in [-0.2, -0.15) is 0 Å². The van der Waals surface area contributed by atoms with Gasteiger partial charge in [-0.3, -0.25) is 4.79 Å². The molecule has 2 aliphatic rings. The van der Waals surface area contributed by atoms with Crippen LogP contribution in [0.4, 0.5) is 10.5 Å². The van der Waals surface area contributed by atoms with Crippen molar-refractivity contribution in [1.82, 2.24) is 5.32 Å². The molecule has 1 saturated carbocycles. The van der Waals surface area contributed by atoms with Crippen LogP contribution in [0.5, 0.6) is 0 Å². The van der Waals surface area contributed by atoms with Crippen molar-refractivity contribution in [3.05, 3.63) is 64.7 Å². The minimum absolute atomic E-state index is 0.210. The highest BCUT2D eigenvalue weighted by atomic mass is 35.5. The second-order valence-electron chi connectivity index (χ2n) is 6.75. The summed E-state index contributed by atoms with van der Waals surface area (Å²) < 4.78 is 0. The normalized spacial score (nSPS) is 18.0. The second-order valence-corrected chi connectivity index (χ2v) is 7.16. The van der Waals surface area contributed by atoms with Crippen molar-refractivity contribution in [3.63, 3.8) is 0 Å². The number of anilines is 1. The Hall–Kier alpha value is -2.77. The quantitative estimate of drug-likeness (QED) is 0.774. The summed E-state index contributed by atoms with van der Waals surface area (Å²) in [4.78, 5) is 26.1. The predicted octanol–water partition coefficient (Wildman–Crippen LogP) is 4.11. The summed E-state index contributed by atoms with van der Waals surface area (Å²) in [5.74, 6) is 5.90. The van der Waals surface area contributed by atoms with Crippen LogP contribution in [0.3, 0.4) is 0 Å². The van der Waals surface area contributed by atoms with Gasteiger partial charge >= 0.3 is 6.03 Å². The van der Waals surface area contributed by atoms with Crippen molar-refractivity contribution in [2.45, 2.75) is 31.2 Å². The van der Waals surface area contributed by atoms with Crippen molar-refractivity contribution in [2.75, 3.05) is 4.90 Å². The van der Waals surface area contributed by atoms with Gasteiger partial charge in [-0.15, -0.1) is 0 Å². The van der Waals surface area contributed by atoms with Crippen molar-refractivity contribution in [2.24, 2.45) is 0 Å². The zero-order valence-corrected chi connectivity index (χ0v) is 14.8. The number of carbonyl (C=O) groups is 2. The maximum Gasteiger partial charge on any atom is 0.329 e. The number of hydrogen-bond donors (Lipinski definition) is 1. The SMILES string of the molecule is O=C1CC2(CCC2)NC(=O)N1c1ccc(C#Cc2ccccc2)cc1Cl. The van der Waals surface area contributed by atoms with Gasteiger partial charge in [0.2, 0.25) is 5.91 Å². The van der Waals surface area contributed by atoms with E-state index in [1.165, 1.54) is 0 Å². The first-order valence-corrected chi connectivity index (χ1v) is 8.96. The number of nitrogens with zero attached hydrogens (tertiary/aromatic N) is 1. The Morgan fingerprint density at radius 1 is 1.00 bits per heavy atom. The number of urea groups is 1. The molecule has 1 saturated heterocycles. The van der Waals surface area contributed by atoms with E-state index >= 15 is 0 Å². The van der Waals surface area contributed by atoms with E-state index in [0.717, 1.165) is 35.3 Å². The Morgan fingerprint density at radius 3 is 2.35 bits per heavy atom. The van der Waals surface area contributed by atoms with Crippen LogP contribution in [0.25, 0.3) is 0 Å². The highest BCUT2D eigenvalue weighted by Gasteiger charge is 2.47. The molecule has 0 aromatic heterocycles. The molecule has 2 fully saturated rings. The number of benzene rings is 2. The van der Waals surface area contributed by atoms with Crippen LogP contribution in [0.15, 0.2) is 48.5 Å². The van der Waals surface area contributed by atoms with E-state index < -0.39 is 6.03 Å². The Labute approximate surface area is 157 Å². The number of imide groups is 1. The monoisotopic (exact) mass is 364 g/mol. The molecular formula is C21H17ClN2O2. The molecule has 0 bridgehead atoms. The van der Waals surface area contributed by atoms with Gasteiger partial charge < -0.3 is 5.32 Å². The fourth-order valence-corrected chi connectivity index (χ4v) is 3.65. The Bertz CT molecular complexity index is 919. The van der Waals surface area contributed by atoms with Crippen molar-refractivity contribution >= 4 is 29.2 Å². The average molecular weight is 365 g/mol. The average Bonchev–Trinajstić information content (AvgIpc) is 2.60. The topological polar surface area (TPSA) is 49.4 Å². The van der Waals surface area contributed by atoms with E-state index in [0.29, 0.717) is 17.1 Å². The summed E-state index contributed by atoms with van der Waals surface area (Å²) >= 11 is 6.35. The first-order chi connectivity index (χ1) is 12.6. The van der Waals surface area contributed by atoms with E-state index in [1.807, 2.05) is 30.3 Å². The molecule has 1 aliphatic heterocycles. The Kier molecular flexibility index (Phi) is 4.18. The molecular weight excluding hydrogens is 348 g/mol. The van der Waals surface area contributed by atoms with Crippen LogP contribution in [-0.2, 0) is 4.79 Å². The van der Waals surface area contributed by atoms with E-state index in [-0.39, 0.29) is 11.4 Å². The summed E-state index contributed by atoms with van der Waals surface area (Å²) in [6.45, 7) is 0. The molecule has 2 aromatic carbocycles. The molecule has 4 rings (SSSR count). The minimum atomic E-state index is -0.397. The van der Waals surface area contributed by atoms with Crippen LogP contribution < -0.4 is 10.2 Å². The lowest BCUT2D eigenvalue weighted by Crippen LogP contribution is -2.65.